The first-order valence-electron chi connectivity index (χ1n) is 9.84. The van der Waals surface area contributed by atoms with Crippen LogP contribution in [0.15, 0.2) is 53.7 Å². The number of pyridine rings is 1. The van der Waals surface area contributed by atoms with Crippen molar-refractivity contribution in [1.82, 2.24) is 15.2 Å². The maximum absolute atomic E-state index is 11.7. The Kier molecular flexibility index (Phi) is 9.85. The summed E-state index contributed by atoms with van der Waals surface area (Å²) < 4.78 is 10.7. The van der Waals surface area contributed by atoms with E-state index in [2.05, 4.69) is 20.2 Å². The van der Waals surface area contributed by atoms with Crippen molar-refractivity contribution >= 4 is 35.9 Å². The second kappa shape index (κ2) is 12.4. The normalized spacial score (nSPS) is 14.6. The molecule has 1 saturated heterocycles. The van der Waals surface area contributed by atoms with Gasteiger partial charge in [0.25, 0.3) is 0 Å². The molecule has 1 aliphatic rings. The molecule has 0 saturated carbocycles. The minimum Gasteiger partial charge on any atom is -0.473 e. The Labute approximate surface area is 194 Å². The number of hydrogen-bond acceptors (Lipinski definition) is 5. The topological polar surface area (TPSA) is 76.1 Å². The van der Waals surface area contributed by atoms with E-state index in [-0.39, 0.29) is 35.9 Å². The van der Waals surface area contributed by atoms with Crippen LogP contribution in [0, 0.1) is 5.92 Å². The van der Waals surface area contributed by atoms with Gasteiger partial charge in [-0.1, -0.05) is 30.3 Å². The van der Waals surface area contributed by atoms with Crippen LogP contribution in [0.4, 0.5) is 0 Å². The molecule has 1 aromatic heterocycles. The number of esters is 1. The maximum Gasteiger partial charge on any atom is 0.308 e. The van der Waals surface area contributed by atoms with Gasteiger partial charge in [0, 0.05) is 38.9 Å². The van der Waals surface area contributed by atoms with Crippen LogP contribution in [0.5, 0.6) is 5.88 Å². The predicted molar refractivity (Wildman–Crippen MR) is 127 cm³/mol. The van der Waals surface area contributed by atoms with Gasteiger partial charge in [0.15, 0.2) is 5.96 Å². The SMILES string of the molecule is CN=C(NCc1ccnc(OCc2ccccc2)c1)N1CCC(C(=O)OC)CC1.I. The molecule has 1 fully saturated rings. The molecule has 1 aliphatic heterocycles. The van der Waals surface area contributed by atoms with Gasteiger partial charge < -0.3 is 19.7 Å². The Balaban J connectivity index is 0.00000320. The molecule has 3 rings (SSSR count). The highest BCUT2D eigenvalue weighted by Crippen LogP contribution is 2.18. The maximum atomic E-state index is 11.7. The van der Waals surface area contributed by atoms with E-state index in [1.807, 2.05) is 42.5 Å². The molecule has 0 aliphatic carbocycles. The fraction of sp³-hybridized carbons (Fsp3) is 0.409. The van der Waals surface area contributed by atoms with Crippen molar-refractivity contribution in [1.29, 1.82) is 0 Å². The Bertz CT molecular complexity index is 824. The van der Waals surface area contributed by atoms with Gasteiger partial charge in [-0.2, -0.15) is 0 Å². The Morgan fingerprint density at radius 1 is 1.20 bits per heavy atom. The van der Waals surface area contributed by atoms with E-state index >= 15 is 0 Å². The summed E-state index contributed by atoms with van der Waals surface area (Å²) in [6, 6.07) is 13.9. The zero-order chi connectivity index (χ0) is 20.5. The number of aliphatic imine (C=N–C) groups is 1. The van der Waals surface area contributed by atoms with E-state index in [4.69, 9.17) is 9.47 Å². The molecule has 1 N–H and O–H groups in total. The number of halogens is 1. The van der Waals surface area contributed by atoms with Crippen LogP contribution in [0.1, 0.15) is 24.0 Å². The molecular weight excluding hydrogens is 495 g/mol. The van der Waals surface area contributed by atoms with E-state index in [0.29, 0.717) is 19.0 Å². The van der Waals surface area contributed by atoms with Gasteiger partial charge >= 0.3 is 5.97 Å². The van der Waals surface area contributed by atoms with Crippen LogP contribution in [-0.2, 0) is 22.7 Å². The molecule has 7 nitrogen and oxygen atoms in total. The van der Waals surface area contributed by atoms with Crippen LogP contribution < -0.4 is 10.1 Å². The molecule has 0 unspecified atom stereocenters. The number of carbonyl (C=O) groups excluding carboxylic acids is 1. The van der Waals surface area contributed by atoms with E-state index in [1.165, 1.54) is 7.11 Å². The average Bonchev–Trinajstić information content (AvgIpc) is 2.79. The molecule has 0 amide bonds. The van der Waals surface area contributed by atoms with Gasteiger partial charge in [-0.25, -0.2) is 4.98 Å². The largest absolute Gasteiger partial charge is 0.473 e. The van der Waals surface area contributed by atoms with Gasteiger partial charge in [-0.15, -0.1) is 24.0 Å². The highest BCUT2D eigenvalue weighted by Gasteiger charge is 2.26. The molecule has 2 heterocycles. The summed E-state index contributed by atoms with van der Waals surface area (Å²) in [6.45, 7) is 2.66. The standard InChI is InChI=1S/C22H28N4O3.HI/c1-23-22(26-12-9-19(10-13-26)21(27)28-2)25-15-18-8-11-24-20(14-18)29-16-17-6-4-3-5-7-17;/h3-8,11,14,19H,9-10,12-13,15-16H2,1-2H3,(H,23,25);1H. The number of ether oxygens (including phenoxy) is 2. The molecule has 8 heteroatoms. The summed E-state index contributed by atoms with van der Waals surface area (Å²) in [6.07, 6.45) is 3.31. The van der Waals surface area contributed by atoms with Gasteiger partial charge in [0.2, 0.25) is 5.88 Å². The highest BCUT2D eigenvalue weighted by atomic mass is 127. The number of piperidine rings is 1. The number of carbonyl (C=O) groups is 1. The van der Waals surface area contributed by atoms with E-state index in [0.717, 1.165) is 43.0 Å². The zero-order valence-electron chi connectivity index (χ0n) is 17.4. The van der Waals surface area contributed by atoms with Crippen molar-refractivity contribution in [2.24, 2.45) is 10.9 Å². The second-order valence-electron chi connectivity index (χ2n) is 6.96. The molecule has 0 bridgehead atoms. The quantitative estimate of drug-likeness (QED) is 0.271. The molecule has 0 spiro atoms. The van der Waals surface area contributed by atoms with Crippen molar-refractivity contribution in [3.8, 4) is 5.88 Å². The highest BCUT2D eigenvalue weighted by molar-refractivity contribution is 14.0. The smallest absolute Gasteiger partial charge is 0.308 e. The minimum absolute atomic E-state index is 0. The monoisotopic (exact) mass is 524 g/mol. The first-order valence-corrected chi connectivity index (χ1v) is 9.84. The number of guanidine groups is 1. The number of benzene rings is 1. The van der Waals surface area contributed by atoms with Crippen LogP contribution in [0.3, 0.4) is 0 Å². The molecule has 1 aromatic carbocycles. The van der Waals surface area contributed by atoms with Gasteiger partial charge in [-0.05, 0) is 30.0 Å². The fourth-order valence-electron chi connectivity index (χ4n) is 3.38. The predicted octanol–water partition coefficient (Wildman–Crippen LogP) is 3.24. The third kappa shape index (κ3) is 6.86. The molecular formula is C22H29IN4O3. The second-order valence-corrected chi connectivity index (χ2v) is 6.96. The number of aromatic nitrogens is 1. The third-order valence-corrected chi connectivity index (χ3v) is 5.02. The van der Waals surface area contributed by atoms with E-state index in [1.54, 1.807) is 13.2 Å². The Morgan fingerprint density at radius 2 is 1.93 bits per heavy atom. The molecule has 2 aromatic rings. The van der Waals surface area contributed by atoms with Crippen molar-refractivity contribution in [2.75, 3.05) is 27.2 Å². The molecule has 0 radical (unpaired) electrons. The van der Waals surface area contributed by atoms with Crippen molar-refractivity contribution in [3.63, 3.8) is 0 Å². The lowest BCUT2D eigenvalue weighted by molar-refractivity contribution is -0.146. The lowest BCUT2D eigenvalue weighted by Gasteiger charge is -2.33. The first kappa shape index (κ1) is 23.9. The van der Waals surface area contributed by atoms with Gasteiger partial charge in [-0.3, -0.25) is 9.79 Å². The third-order valence-electron chi connectivity index (χ3n) is 5.02. The average molecular weight is 524 g/mol. The fourth-order valence-corrected chi connectivity index (χ4v) is 3.38. The summed E-state index contributed by atoms with van der Waals surface area (Å²) >= 11 is 0. The van der Waals surface area contributed by atoms with Crippen LogP contribution in [0.25, 0.3) is 0 Å². The van der Waals surface area contributed by atoms with E-state index < -0.39 is 0 Å². The number of rotatable bonds is 6. The van der Waals surface area contributed by atoms with Crippen molar-refractivity contribution < 1.29 is 14.3 Å². The summed E-state index contributed by atoms with van der Waals surface area (Å²) in [5, 5.41) is 3.39. The van der Waals surface area contributed by atoms with E-state index in [9.17, 15) is 4.79 Å². The molecule has 0 atom stereocenters. The Hall–Kier alpha value is -2.36. The van der Waals surface area contributed by atoms with Crippen molar-refractivity contribution in [3.05, 3.63) is 59.8 Å². The molecule has 162 valence electrons. The first-order chi connectivity index (χ1) is 14.2. The van der Waals surface area contributed by atoms with Crippen LogP contribution in [0.2, 0.25) is 0 Å². The lowest BCUT2D eigenvalue weighted by Crippen LogP contribution is -2.46. The zero-order valence-corrected chi connectivity index (χ0v) is 19.7. The number of nitrogens with one attached hydrogen (secondary N) is 1. The van der Waals surface area contributed by atoms with Crippen molar-refractivity contribution in [2.45, 2.75) is 26.0 Å². The van der Waals surface area contributed by atoms with Crippen LogP contribution >= 0.6 is 24.0 Å². The Morgan fingerprint density at radius 3 is 2.60 bits per heavy atom. The van der Waals surface area contributed by atoms with Gasteiger partial charge in [0.1, 0.15) is 6.61 Å². The summed E-state index contributed by atoms with van der Waals surface area (Å²) in [5.41, 5.74) is 2.17. The minimum atomic E-state index is -0.118. The van der Waals surface area contributed by atoms with Gasteiger partial charge in [0.05, 0.1) is 13.0 Å². The number of nitrogens with zero attached hydrogens (tertiary/aromatic N) is 3. The number of methoxy groups -OCH3 is 1. The van der Waals surface area contributed by atoms with Crippen LogP contribution in [-0.4, -0.2) is 49.1 Å². The summed E-state index contributed by atoms with van der Waals surface area (Å²) in [7, 11) is 3.22. The summed E-state index contributed by atoms with van der Waals surface area (Å²) in [4.78, 5) is 22.5. The lowest BCUT2D eigenvalue weighted by atomic mass is 9.97. The summed E-state index contributed by atoms with van der Waals surface area (Å²) in [5.74, 6) is 1.30. The number of hydrogen-bond donors (Lipinski definition) is 1. The molecule has 30 heavy (non-hydrogen) atoms. The number of likely N-dealkylation sites (tertiary alicyclic amines) is 1.